The molecule has 0 radical (unpaired) electrons. The standard InChI is InChI=1S/C15H18ClN3O/c1-2-17-9-12-7-8-19(10-12)11-15(20)18-14-6-4-3-5-13(14)16/h3-8,10,17H,2,9,11H2,1H3,(H,18,20). The van der Waals surface area contributed by atoms with E-state index in [4.69, 9.17) is 11.6 Å². The van der Waals surface area contributed by atoms with E-state index in [1.54, 1.807) is 12.1 Å². The van der Waals surface area contributed by atoms with Gasteiger partial charge in [0.2, 0.25) is 5.91 Å². The van der Waals surface area contributed by atoms with Crippen LogP contribution in [-0.2, 0) is 17.9 Å². The molecule has 106 valence electrons. The number of benzene rings is 1. The second kappa shape index (κ2) is 7.12. The Morgan fingerprint density at radius 1 is 1.30 bits per heavy atom. The van der Waals surface area contributed by atoms with Gasteiger partial charge in [-0.2, -0.15) is 0 Å². The summed E-state index contributed by atoms with van der Waals surface area (Å²) in [6.45, 7) is 4.08. The summed E-state index contributed by atoms with van der Waals surface area (Å²) in [5.41, 5.74) is 1.80. The maximum Gasteiger partial charge on any atom is 0.244 e. The molecule has 0 aliphatic rings. The van der Waals surface area contributed by atoms with Crippen LogP contribution in [0.3, 0.4) is 0 Å². The van der Waals surface area contributed by atoms with Gasteiger partial charge in [-0.3, -0.25) is 4.79 Å². The molecule has 4 nitrogen and oxygen atoms in total. The van der Waals surface area contributed by atoms with Crippen molar-refractivity contribution in [2.75, 3.05) is 11.9 Å². The van der Waals surface area contributed by atoms with E-state index < -0.39 is 0 Å². The number of carbonyl (C=O) groups excluding carboxylic acids is 1. The van der Waals surface area contributed by atoms with Crippen molar-refractivity contribution < 1.29 is 4.79 Å². The first-order valence-electron chi connectivity index (χ1n) is 6.59. The Kier molecular flexibility index (Phi) is 5.21. The van der Waals surface area contributed by atoms with Crippen molar-refractivity contribution in [3.8, 4) is 0 Å². The van der Waals surface area contributed by atoms with Crippen LogP contribution in [0.2, 0.25) is 5.02 Å². The van der Waals surface area contributed by atoms with E-state index in [1.807, 2.05) is 35.2 Å². The summed E-state index contributed by atoms with van der Waals surface area (Å²) < 4.78 is 1.86. The molecular weight excluding hydrogens is 274 g/mol. The van der Waals surface area contributed by atoms with Gasteiger partial charge in [0.25, 0.3) is 0 Å². The molecule has 1 aromatic carbocycles. The number of para-hydroxylation sites is 1. The number of amides is 1. The maximum absolute atomic E-state index is 12.0. The summed E-state index contributed by atoms with van der Waals surface area (Å²) in [5.74, 6) is -0.0938. The number of rotatable bonds is 6. The van der Waals surface area contributed by atoms with E-state index in [-0.39, 0.29) is 12.5 Å². The molecule has 0 spiro atoms. The lowest BCUT2D eigenvalue weighted by atomic mass is 10.3. The molecule has 5 heteroatoms. The second-order valence-corrected chi connectivity index (χ2v) is 4.91. The smallest absolute Gasteiger partial charge is 0.244 e. The van der Waals surface area contributed by atoms with E-state index in [0.717, 1.165) is 18.7 Å². The molecule has 0 aliphatic carbocycles. The van der Waals surface area contributed by atoms with Gasteiger partial charge in [0.15, 0.2) is 0 Å². The molecule has 2 aromatic rings. The first-order chi connectivity index (χ1) is 9.69. The molecule has 1 amide bonds. The molecule has 2 rings (SSSR count). The van der Waals surface area contributed by atoms with Crippen molar-refractivity contribution in [1.29, 1.82) is 0 Å². The number of halogens is 1. The van der Waals surface area contributed by atoms with E-state index >= 15 is 0 Å². The van der Waals surface area contributed by atoms with E-state index in [0.29, 0.717) is 10.7 Å². The quantitative estimate of drug-likeness (QED) is 0.860. The molecule has 1 aromatic heterocycles. The molecule has 0 unspecified atom stereocenters. The zero-order valence-corrected chi connectivity index (χ0v) is 12.2. The lowest BCUT2D eigenvalue weighted by molar-refractivity contribution is -0.116. The van der Waals surface area contributed by atoms with Gasteiger partial charge in [0, 0.05) is 18.9 Å². The van der Waals surface area contributed by atoms with Crippen molar-refractivity contribution >= 4 is 23.2 Å². The second-order valence-electron chi connectivity index (χ2n) is 4.50. The molecule has 2 N–H and O–H groups in total. The maximum atomic E-state index is 12.0. The van der Waals surface area contributed by atoms with Gasteiger partial charge in [0.05, 0.1) is 10.7 Å². The Morgan fingerprint density at radius 3 is 2.85 bits per heavy atom. The monoisotopic (exact) mass is 291 g/mol. The average Bonchev–Trinajstić information content (AvgIpc) is 2.86. The van der Waals surface area contributed by atoms with Gasteiger partial charge in [0.1, 0.15) is 6.54 Å². The minimum Gasteiger partial charge on any atom is -0.345 e. The van der Waals surface area contributed by atoms with Crippen LogP contribution in [0.25, 0.3) is 0 Å². The number of hydrogen-bond donors (Lipinski definition) is 2. The molecule has 20 heavy (non-hydrogen) atoms. The van der Waals surface area contributed by atoms with Gasteiger partial charge in [-0.15, -0.1) is 0 Å². The molecule has 0 saturated heterocycles. The highest BCUT2D eigenvalue weighted by Gasteiger charge is 2.06. The lowest BCUT2D eigenvalue weighted by Crippen LogP contribution is -2.18. The van der Waals surface area contributed by atoms with Gasteiger partial charge in [-0.1, -0.05) is 30.7 Å². The van der Waals surface area contributed by atoms with Crippen molar-refractivity contribution in [2.45, 2.75) is 20.0 Å². The largest absolute Gasteiger partial charge is 0.345 e. The molecule has 0 atom stereocenters. The normalized spacial score (nSPS) is 10.5. The number of nitrogens with one attached hydrogen (secondary N) is 2. The SMILES string of the molecule is CCNCc1ccn(CC(=O)Nc2ccccc2Cl)c1. The number of nitrogens with zero attached hydrogens (tertiary/aromatic N) is 1. The van der Waals surface area contributed by atoms with E-state index in [2.05, 4.69) is 17.6 Å². The fourth-order valence-electron chi connectivity index (χ4n) is 1.88. The molecule has 0 bridgehead atoms. The van der Waals surface area contributed by atoms with Gasteiger partial charge in [-0.25, -0.2) is 0 Å². The summed E-state index contributed by atoms with van der Waals surface area (Å²) >= 11 is 6.00. The van der Waals surface area contributed by atoms with Crippen LogP contribution in [0.5, 0.6) is 0 Å². The summed E-state index contributed by atoms with van der Waals surface area (Å²) in [7, 11) is 0. The van der Waals surface area contributed by atoms with Crippen LogP contribution in [0.15, 0.2) is 42.7 Å². The topological polar surface area (TPSA) is 46.1 Å². The van der Waals surface area contributed by atoms with Gasteiger partial charge < -0.3 is 15.2 Å². The van der Waals surface area contributed by atoms with E-state index in [9.17, 15) is 4.79 Å². The Hall–Kier alpha value is -1.78. The first-order valence-corrected chi connectivity index (χ1v) is 6.96. The third kappa shape index (κ3) is 4.11. The first kappa shape index (κ1) is 14.6. The highest BCUT2D eigenvalue weighted by molar-refractivity contribution is 6.33. The fraction of sp³-hybridized carbons (Fsp3) is 0.267. The number of carbonyl (C=O) groups is 1. The summed E-state index contributed by atoms with van der Waals surface area (Å²) in [6, 6.07) is 9.21. The zero-order chi connectivity index (χ0) is 14.4. The van der Waals surface area contributed by atoms with E-state index in [1.165, 1.54) is 0 Å². The lowest BCUT2D eigenvalue weighted by Gasteiger charge is -2.07. The predicted octanol–water partition coefficient (Wildman–Crippen LogP) is 2.89. The van der Waals surface area contributed by atoms with Crippen LogP contribution >= 0.6 is 11.6 Å². The molecule has 0 saturated carbocycles. The van der Waals surface area contributed by atoms with Crippen molar-refractivity contribution in [3.63, 3.8) is 0 Å². The number of aromatic nitrogens is 1. The number of anilines is 1. The Labute approximate surface area is 123 Å². The predicted molar refractivity (Wildman–Crippen MR) is 81.9 cm³/mol. The molecule has 0 fully saturated rings. The average molecular weight is 292 g/mol. The Morgan fingerprint density at radius 2 is 2.10 bits per heavy atom. The van der Waals surface area contributed by atoms with Gasteiger partial charge in [-0.05, 0) is 30.3 Å². The summed E-state index contributed by atoms with van der Waals surface area (Å²) in [6.07, 6.45) is 3.87. The van der Waals surface area contributed by atoms with Crippen molar-refractivity contribution in [2.24, 2.45) is 0 Å². The zero-order valence-electron chi connectivity index (χ0n) is 11.4. The van der Waals surface area contributed by atoms with Crippen LogP contribution in [0.1, 0.15) is 12.5 Å². The fourth-order valence-corrected chi connectivity index (χ4v) is 2.06. The molecule has 1 heterocycles. The Balaban J connectivity index is 1.91. The van der Waals surface area contributed by atoms with Crippen molar-refractivity contribution in [1.82, 2.24) is 9.88 Å². The van der Waals surface area contributed by atoms with Crippen LogP contribution < -0.4 is 10.6 Å². The summed E-state index contributed by atoms with van der Waals surface area (Å²) in [5, 5.41) is 6.59. The minimum atomic E-state index is -0.0938. The number of hydrogen-bond acceptors (Lipinski definition) is 2. The molecular formula is C15H18ClN3O. The summed E-state index contributed by atoms with van der Waals surface area (Å²) in [4.78, 5) is 12.0. The van der Waals surface area contributed by atoms with Crippen LogP contribution in [-0.4, -0.2) is 17.0 Å². The highest BCUT2D eigenvalue weighted by atomic mass is 35.5. The van der Waals surface area contributed by atoms with Crippen LogP contribution in [0.4, 0.5) is 5.69 Å². The third-order valence-electron chi connectivity index (χ3n) is 2.86. The highest BCUT2D eigenvalue weighted by Crippen LogP contribution is 2.20. The van der Waals surface area contributed by atoms with Gasteiger partial charge >= 0.3 is 0 Å². The third-order valence-corrected chi connectivity index (χ3v) is 3.19. The minimum absolute atomic E-state index is 0.0938. The van der Waals surface area contributed by atoms with Crippen molar-refractivity contribution in [3.05, 3.63) is 53.3 Å². The molecule has 0 aliphatic heterocycles. The Bertz CT molecular complexity index is 580. The van der Waals surface area contributed by atoms with Crippen LogP contribution in [0, 0.1) is 0 Å².